The molecule has 0 bridgehead atoms. The second-order valence-electron chi connectivity index (χ2n) is 7.07. The maximum absolute atomic E-state index is 4.70. The van der Waals surface area contributed by atoms with Crippen molar-refractivity contribution in [3.8, 4) is 5.69 Å². The number of fused-ring (bicyclic) bond motifs is 1. The molecule has 0 radical (unpaired) electrons. The molecule has 2 aromatic heterocycles. The van der Waals surface area contributed by atoms with Crippen LogP contribution < -0.4 is 0 Å². The highest BCUT2D eigenvalue weighted by Crippen LogP contribution is 2.23. The van der Waals surface area contributed by atoms with E-state index < -0.39 is 0 Å². The number of benzene rings is 2. The van der Waals surface area contributed by atoms with Crippen molar-refractivity contribution in [2.45, 2.75) is 27.7 Å². The Hall–Kier alpha value is -3.20. The van der Waals surface area contributed by atoms with E-state index in [9.17, 15) is 0 Å². The average Bonchev–Trinajstić information content (AvgIpc) is 2.95. The molecule has 3 nitrogen and oxygen atoms in total. The first kappa shape index (κ1) is 17.2. The molecule has 134 valence electrons. The summed E-state index contributed by atoms with van der Waals surface area (Å²) in [5.41, 5.74) is 9.29. The highest BCUT2D eigenvalue weighted by molar-refractivity contribution is 5.87. The zero-order chi connectivity index (χ0) is 19.0. The van der Waals surface area contributed by atoms with Crippen LogP contribution in [0.5, 0.6) is 0 Å². The summed E-state index contributed by atoms with van der Waals surface area (Å²) in [6.07, 6.45) is 3.77. The Bertz CT molecular complexity index is 1170. The van der Waals surface area contributed by atoms with Crippen LogP contribution in [0.4, 0.5) is 5.69 Å². The highest BCUT2D eigenvalue weighted by atomic mass is 15.0. The number of hydrogen-bond donors (Lipinski definition) is 0. The third kappa shape index (κ3) is 3.28. The number of aryl methyl sites for hydroxylation is 3. The smallest absolute Gasteiger partial charge is 0.0703 e. The van der Waals surface area contributed by atoms with Gasteiger partial charge in [-0.25, -0.2) is 0 Å². The predicted octanol–water partition coefficient (Wildman–Crippen LogP) is 6.01. The Morgan fingerprint density at radius 2 is 1.74 bits per heavy atom. The summed E-state index contributed by atoms with van der Waals surface area (Å²) in [4.78, 5) is 9.06. The van der Waals surface area contributed by atoms with Gasteiger partial charge in [0.05, 0.1) is 11.2 Å². The zero-order valence-electron chi connectivity index (χ0n) is 16.2. The fourth-order valence-electron chi connectivity index (χ4n) is 3.47. The van der Waals surface area contributed by atoms with Gasteiger partial charge in [0, 0.05) is 40.4 Å². The molecular weight excluding hydrogens is 330 g/mol. The molecule has 0 saturated heterocycles. The fraction of sp³-hybridized carbons (Fsp3) is 0.167. The first-order valence-corrected chi connectivity index (χ1v) is 9.18. The van der Waals surface area contributed by atoms with Crippen LogP contribution >= 0.6 is 0 Å². The molecule has 0 N–H and O–H groups in total. The Morgan fingerprint density at radius 1 is 0.889 bits per heavy atom. The molecule has 2 aromatic carbocycles. The molecule has 0 aliphatic rings. The van der Waals surface area contributed by atoms with E-state index in [-0.39, 0.29) is 0 Å². The highest BCUT2D eigenvalue weighted by Gasteiger charge is 2.10. The quantitative estimate of drug-likeness (QED) is 0.415. The van der Waals surface area contributed by atoms with E-state index in [0.29, 0.717) is 0 Å². The van der Waals surface area contributed by atoms with E-state index >= 15 is 0 Å². The number of aliphatic imine (C=N–C) groups is 1. The second-order valence-corrected chi connectivity index (χ2v) is 7.07. The van der Waals surface area contributed by atoms with Crippen molar-refractivity contribution in [3.05, 3.63) is 88.9 Å². The molecule has 0 aliphatic heterocycles. The number of hydrogen-bond acceptors (Lipinski definition) is 2. The van der Waals surface area contributed by atoms with Crippen molar-refractivity contribution in [2.24, 2.45) is 4.99 Å². The SMILES string of the molecule is Cc1ccc(-n2c(C)cc(C=Nc3ccc4ncccc4c3)c2C)cc1C. The Kier molecular flexibility index (Phi) is 4.36. The summed E-state index contributed by atoms with van der Waals surface area (Å²) >= 11 is 0. The van der Waals surface area contributed by atoms with Gasteiger partial charge in [-0.2, -0.15) is 0 Å². The summed E-state index contributed by atoms with van der Waals surface area (Å²) < 4.78 is 2.29. The van der Waals surface area contributed by atoms with Gasteiger partial charge in [0.15, 0.2) is 0 Å². The standard InChI is InChI=1S/C24H23N3/c1-16-7-9-23(12-17(16)2)27-18(3)13-21(19(27)4)15-26-22-8-10-24-20(14-22)6-5-11-25-24/h5-15H,1-4H3. The number of nitrogens with zero attached hydrogens (tertiary/aromatic N) is 3. The molecule has 4 aromatic rings. The second kappa shape index (κ2) is 6.84. The van der Waals surface area contributed by atoms with Crippen LogP contribution in [0.2, 0.25) is 0 Å². The van der Waals surface area contributed by atoms with E-state index in [4.69, 9.17) is 4.99 Å². The maximum Gasteiger partial charge on any atom is 0.0703 e. The van der Waals surface area contributed by atoms with Gasteiger partial charge in [0.1, 0.15) is 0 Å². The molecule has 0 fully saturated rings. The number of pyridine rings is 1. The monoisotopic (exact) mass is 353 g/mol. The van der Waals surface area contributed by atoms with Crippen LogP contribution in [-0.2, 0) is 0 Å². The number of rotatable bonds is 3. The van der Waals surface area contributed by atoms with Gasteiger partial charge in [-0.3, -0.25) is 9.98 Å². The first-order valence-electron chi connectivity index (χ1n) is 9.18. The predicted molar refractivity (Wildman–Crippen MR) is 114 cm³/mol. The van der Waals surface area contributed by atoms with Crippen molar-refractivity contribution in [3.63, 3.8) is 0 Å². The first-order chi connectivity index (χ1) is 13.0. The Labute approximate surface area is 160 Å². The van der Waals surface area contributed by atoms with Crippen LogP contribution in [0.1, 0.15) is 28.1 Å². The minimum absolute atomic E-state index is 0.937. The van der Waals surface area contributed by atoms with Crippen molar-refractivity contribution in [2.75, 3.05) is 0 Å². The van der Waals surface area contributed by atoms with Crippen molar-refractivity contribution < 1.29 is 0 Å². The summed E-state index contributed by atoms with van der Waals surface area (Å²) in [5.74, 6) is 0. The van der Waals surface area contributed by atoms with E-state index in [1.807, 2.05) is 30.6 Å². The van der Waals surface area contributed by atoms with Crippen LogP contribution in [0, 0.1) is 27.7 Å². The van der Waals surface area contributed by atoms with Crippen molar-refractivity contribution in [1.82, 2.24) is 9.55 Å². The molecule has 27 heavy (non-hydrogen) atoms. The average molecular weight is 353 g/mol. The van der Waals surface area contributed by atoms with E-state index in [2.05, 4.69) is 73.6 Å². The molecule has 0 aliphatic carbocycles. The Balaban J connectivity index is 1.70. The normalized spacial score (nSPS) is 11.6. The molecule has 0 unspecified atom stereocenters. The fourth-order valence-corrected chi connectivity index (χ4v) is 3.47. The molecule has 0 saturated carbocycles. The summed E-state index contributed by atoms with van der Waals surface area (Å²) in [6.45, 7) is 8.59. The van der Waals surface area contributed by atoms with Crippen molar-refractivity contribution in [1.29, 1.82) is 0 Å². The molecular formula is C24H23N3. The minimum Gasteiger partial charge on any atom is -0.318 e. The van der Waals surface area contributed by atoms with Gasteiger partial charge >= 0.3 is 0 Å². The lowest BCUT2D eigenvalue weighted by Gasteiger charge is -2.11. The van der Waals surface area contributed by atoms with Crippen molar-refractivity contribution >= 4 is 22.8 Å². The molecule has 4 rings (SSSR count). The van der Waals surface area contributed by atoms with Crippen LogP contribution in [0.25, 0.3) is 16.6 Å². The topological polar surface area (TPSA) is 30.2 Å². The van der Waals surface area contributed by atoms with Gasteiger partial charge in [0.25, 0.3) is 0 Å². The van der Waals surface area contributed by atoms with Gasteiger partial charge in [0.2, 0.25) is 0 Å². The van der Waals surface area contributed by atoms with Gasteiger partial charge < -0.3 is 4.57 Å². The van der Waals surface area contributed by atoms with Crippen LogP contribution in [0.3, 0.4) is 0 Å². The third-order valence-corrected chi connectivity index (χ3v) is 5.16. The molecule has 0 amide bonds. The lowest BCUT2D eigenvalue weighted by atomic mass is 10.1. The summed E-state index contributed by atoms with van der Waals surface area (Å²) in [5, 5.41) is 1.10. The Morgan fingerprint density at radius 3 is 2.56 bits per heavy atom. The lowest BCUT2D eigenvalue weighted by Crippen LogP contribution is -2.00. The van der Waals surface area contributed by atoms with Gasteiger partial charge in [-0.05, 0) is 81.3 Å². The minimum atomic E-state index is 0.937. The molecule has 2 heterocycles. The zero-order valence-corrected chi connectivity index (χ0v) is 16.2. The van der Waals surface area contributed by atoms with Crippen LogP contribution in [-0.4, -0.2) is 15.8 Å². The van der Waals surface area contributed by atoms with E-state index in [1.54, 1.807) is 0 Å². The molecule has 0 atom stereocenters. The summed E-state index contributed by atoms with van der Waals surface area (Å²) in [6, 6.07) is 18.9. The summed E-state index contributed by atoms with van der Waals surface area (Å²) in [7, 11) is 0. The van der Waals surface area contributed by atoms with E-state index in [0.717, 1.165) is 22.2 Å². The number of aromatic nitrogens is 2. The third-order valence-electron chi connectivity index (χ3n) is 5.16. The maximum atomic E-state index is 4.70. The largest absolute Gasteiger partial charge is 0.318 e. The van der Waals surface area contributed by atoms with Crippen LogP contribution in [0.15, 0.2) is 65.8 Å². The van der Waals surface area contributed by atoms with Gasteiger partial charge in [-0.1, -0.05) is 12.1 Å². The lowest BCUT2D eigenvalue weighted by molar-refractivity contribution is 0.961. The molecule has 0 spiro atoms. The molecule has 3 heteroatoms. The van der Waals surface area contributed by atoms with E-state index in [1.165, 1.54) is 28.2 Å². The van der Waals surface area contributed by atoms with Gasteiger partial charge in [-0.15, -0.1) is 0 Å².